The lowest BCUT2D eigenvalue weighted by Gasteiger charge is -2.32. The van der Waals surface area contributed by atoms with Crippen molar-refractivity contribution in [1.82, 2.24) is 19.9 Å². The van der Waals surface area contributed by atoms with Gasteiger partial charge in [0.15, 0.2) is 0 Å². The van der Waals surface area contributed by atoms with Gasteiger partial charge in [0.2, 0.25) is 11.9 Å². The van der Waals surface area contributed by atoms with Gasteiger partial charge in [-0.1, -0.05) is 12.2 Å². The van der Waals surface area contributed by atoms with Crippen LogP contribution in [0.4, 0.5) is 11.6 Å². The van der Waals surface area contributed by atoms with Gasteiger partial charge in [-0.15, -0.1) is 0 Å². The largest absolute Gasteiger partial charge is 0.343 e. The predicted molar refractivity (Wildman–Crippen MR) is 114 cm³/mol. The van der Waals surface area contributed by atoms with Crippen LogP contribution in [0, 0.1) is 19.8 Å². The number of hydrogen-bond donors (Lipinski definition) is 1. The fraction of sp³-hybridized carbons (Fsp3) is 0.478. The summed E-state index contributed by atoms with van der Waals surface area (Å²) in [7, 11) is 0. The van der Waals surface area contributed by atoms with Gasteiger partial charge in [-0.3, -0.25) is 9.78 Å². The highest BCUT2D eigenvalue weighted by Crippen LogP contribution is 2.29. The van der Waals surface area contributed by atoms with Crippen LogP contribution < -0.4 is 5.32 Å². The summed E-state index contributed by atoms with van der Waals surface area (Å²) in [5, 5.41) is 3.23. The number of pyridine rings is 1. The van der Waals surface area contributed by atoms with Crippen molar-refractivity contribution in [3.05, 3.63) is 53.6 Å². The Morgan fingerprint density at radius 1 is 1.14 bits per heavy atom. The van der Waals surface area contributed by atoms with Crippen LogP contribution in [-0.4, -0.2) is 38.8 Å². The number of nitrogens with zero attached hydrogens (tertiary/aromatic N) is 4. The number of aromatic nitrogens is 3. The van der Waals surface area contributed by atoms with Crippen molar-refractivity contribution in [1.29, 1.82) is 0 Å². The lowest BCUT2D eigenvalue weighted by molar-refractivity contribution is -0.132. The van der Waals surface area contributed by atoms with Gasteiger partial charge in [0.25, 0.3) is 0 Å². The number of nitrogens with one attached hydrogen (secondary N) is 1. The maximum Gasteiger partial charge on any atom is 0.227 e. The molecule has 0 bridgehead atoms. The third kappa shape index (κ3) is 5.00. The molecule has 1 unspecified atom stereocenters. The number of rotatable bonds is 5. The average Bonchev–Trinajstić information content (AvgIpc) is 3.21. The average molecular weight is 392 g/mol. The Morgan fingerprint density at radius 3 is 2.52 bits per heavy atom. The second-order valence-electron chi connectivity index (χ2n) is 8.20. The number of carbonyl (C=O) groups is 1. The molecule has 29 heavy (non-hydrogen) atoms. The van der Waals surface area contributed by atoms with E-state index in [1.807, 2.05) is 37.1 Å². The number of likely N-dealkylation sites (tertiary alicyclic amines) is 1. The van der Waals surface area contributed by atoms with Crippen LogP contribution in [0.5, 0.6) is 0 Å². The molecule has 1 saturated heterocycles. The Balaban J connectivity index is 1.30. The predicted octanol–water partition coefficient (Wildman–Crippen LogP) is 4.29. The summed E-state index contributed by atoms with van der Waals surface area (Å²) in [5.74, 6) is 1.77. The number of anilines is 2. The van der Waals surface area contributed by atoms with E-state index < -0.39 is 0 Å². The zero-order valence-corrected chi connectivity index (χ0v) is 17.3. The molecule has 0 aromatic carbocycles. The van der Waals surface area contributed by atoms with Crippen molar-refractivity contribution in [3.8, 4) is 0 Å². The molecule has 2 aromatic rings. The molecular weight excluding hydrogens is 362 g/mol. The van der Waals surface area contributed by atoms with E-state index in [2.05, 4.69) is 38.5 Å². The molecule has 152 valence electrons. The molecule has 1 aliphatic heterocycles. The van der Waals surface area contributed by atoms with Crippen molar-refractivity contribution in [3.63, 3.8) is 0 Å². The van der Waals surface area contributed by atoms with Gasteiger partial charge in [-0.05, 0) is 63.6 Å². The summed E-state index contributed by atoms with van der Waals surface area (Å²) >= 11 is 0. The summed E-state index contributed by atoms with van der Waals surface area (Å²) in [6, 6.07) is 6.07. The first kappa shape index (κ1) is 19.6. The number of hydrogen-bond acceptors (Lipinski definition) is 5. The SMILES string of the molecule is Cc1cc(C)nc(Nc2ccc(C3CCN(C(=O)CC4C=CCC4)CC3)nc2)n1. The lowest BCUT2D eigenvalue weighted by atomic mass is 9.92. The van der Waals surface area contributed by atoms with Gasteiger partial charge in [-0.25, -0.2) is 9.97 Å². The number of amides is 1. The van der Waals surface area contributed by atoms with Gasteiger partial charge in [0.1, 0.15) is 0 Å². The third-order valence-electron chi connectivity index (χ3n) is 5.84. The van der Waals surface area contributed by atoms with Crippen molar-refractivity contribution < 1.29 is 4.79 Å². The van der Waals surface area contributed by atoms with E-state index in [1.54, 1.807) is 0 Å². The Bertz CT molecular complexity index is 864. The molecule has 3 heterocycles. The van der Waals surface area contributed by atoms with Crippen LogP contribution in [0.2, 0.25) is 0 Å². The molecule has 4 rings (SSSR count). The van der Waals surface area contributed by atoms with Crippen molar-refractivity contribution in [2.75, 3.05) is 18.4 Å². The highest BCUT2D eigenvalue weighted by atomic mass is 16.2. The Hall–Kier alpha value is -2.76. The van der Waals surface area contributed by atoms with E-state index in [0.29, 0.717) is 30.1 Å². The second-order valence-corrected chi connectivity index (χ2v) is 8.20. The first-order chi connectivity index (χ1) is 14.1. The second kappa shape index (κ2) is 8.72. The summed E-state index contributed by atoms with van der Waals surface area (Å²) in [4.78, 5) is 28.0. The molecule has 1 amide bonds. The molecule has 1 N–H and O–H groups in total. The molecule has 0 spiro atoms. The Labute approximate surface area is 172 Å². The maximum absolute atomic E-state index is 12.5. The highest BCUT2D eigenvalue weighted by Gasteiger charge is 2.26. The number of carbonyl (C=O) groups excluding carboxylic acids is 1. The smallest absolute Gasteiger partial charge is 0.227 e. The van der Waals surface area contributed by atoms with E-state index in [0.717, 1.165) is 61.5 Å². The molecule has 0 radical (unpaired) electrons. The summed E-state index contributed by atoms with van der Waals surface area (Å²) in [5.41, 5.74) is 3.86. The van der Waals surface area contributed by atoms with Crippen molar-refractivity contribution in [2.45, 2.75) is 51.9 Å². The Kier molecular flexibility index (Phi) is 5.88. The fourth-order valence-corrected chi connectivity index (χ4v) is 4.28. The fourth-order valence-electron chi connectivity index (χ4n) is 4.28. The minimum Gasteiger partial charge on any atom is -0.343 e. The molecule has 6 nitrogen and oxygen atoms in total. The first-order valence-electron chi connectivity index (χ1n) is 10.6. The minimum atomic E-state index is 0.306. The van der Waals surface area contributed by atoms with E-state index in [9.17, 15) is 4.79 Å². The molecule has 1 fully saturated rings. The Morgan fingerprint density at radius 2 is 1.90 bits per heavy atom. The molecule has 2 aliphatic rings. The number of allylic oxidation sites excluding steroid dienone is 2. The lowest BCUT2D eigenvalue weighted by Crippen LogP contribution is -2.38. The van der Waals surface area contributed by atoms with Crippen LogP contribution in [0.3, 0.4) is 0 Å². The summed E-state index contributed by atoms with van der Waals surface area (Å²) < 4.78 is 0. The molecule has 1 aliphatic carbocycles. The van der Waals surface area contributed by atoms with Crippen LogP contribution in [-0.2, 0) is 4.79 Å². The monoisotopic (exact) mass is 391 g/mol. The van der Waals surface area contributed by atoms with Crippen LogP contribution in [0.15, 0.2) is 36.5 Å². The van der Waals surface area contributed by atoms with E-state index in [1.165, 1.54) is 0 Å². The van der Waals surface area contributed by atoms with Crippen LogP contribution in [0.1, 0.15) is 55.1 Å². The number of piperidine rings is 1. The van der Waals surface area contributed by atoms with Crippen LogP contribution >= 0.6 is 0 Å². The van der Waals surface area contributed by atoms with Crippen molar-refractivity contribution >= 4 is 17.5 Å². The normalized spacial score (nSPS) is 19.5. The number of aryl methyl sites for hydroxylation is 2. The topological polar surface area (TPSA) is 71.0 Å². The van der Waals surface area contributed by atoms with Gasteiger partial charge >= 0.3 is 0 Å². The van der Waals surface area contributed by atoms with E-state index in [4.69, 9.17) is 0 Å². The van der Waals surface area contributed by atoms with E-state index >= 15 is 0 Å². The zero-order valence-electron chi connectivity index (χ0n) is 17.3. The first-order valence-corrected chi connectivity index (χ1v) is 10.6. The highest BCUT2D eigenvalue weighted by molar-refractivity contribution is 5.76. The third-order valence-corrected chi connectivity index (χ3v) is 5.84. The van der Waals surface area contributed by atoms with Gasteiger partial charge in [0, 0.05) is 42.5 Å². The summed E-state index contributed by atoms with van der Waals surface area (Å²) in [6.07, 6.45) is 11.1. The maximum atomic E-state index is 12.5. The van der Waals surface area contributed by atoms with Crippen LogP contribution in [0.25, 0.3) is 0 Å². The molecular formula is C23H29N5O. The standard InChI is InChI=1S/C23H29N5O/c1-16-13-17(2)26-23(25-16)27-20-7-8-21(24-15-20)19-9-11-28(12-10-19)22(29)14-18-5-3-4-6-18/h3,5,7-8,13,15,18-19H,4,6,9-12,14H2,1-2H3,(H,25,26,27). The van der Waals surface area contributed by atoms with Gasteiger partial charge in [-0.2, -0.15) is 0 Å². The molecule has 1 atom stereocenters. The zero-order chi connectivity index (χ0) is 20.2. The van der Waals surface area contributed by atoms with E-state index in [-0.39, 0.29) is 0 Å². The quantitative estimate of drug-likeness (QED) is 0.770. The molecule has 2 aromatic heterocycles. The van der Waals surface area contributed by atoms with Gasteiger partial charge in [0.05, 0.1) is 11.9 Å². The molecule has 0 saturated carbocycles. The minimum absolute atomic E-state index is 0.306. The molecule has 6 heteroatoms. The summed E-state index contributed by atoms with van der Waals surface area (Å²) in [6.45, 7) is 5.58. The van der Waals surface area contributed by atoms with Gasteiger partial charge < -0.3 is 10.2 Å². The van der Waals surface area contributed by atoms with Crippen molar-refractivity contribution in [2.24, 2.45) is 5.92 Å².